The molecule has 1 saturated carbocycles. The van der Waals surface area contributed by atoms with Gasteiger partial charge < -0.3 is 9.64 Å². The average Bonchev–Trinajstić information content (AvgIpc) is 3.03. The van der Waals surface area contributed by atoms with Crippen molar-refractivity contribution >= 4 is 5.91 Å². The molecule has 102 valence electrons. The first-order chi connectivity index (χ1) is 9.22. The van der Waals surface area contributed by atoms with Crippen molar-refractivity contribution in [3.05, 3.63) is 29.8 Å². The maximum absolute atomic E-state index is 11.9. The maximum atomic E-state index is 11.9. The topological polar surface area (TPSA) is 29.5 Å². The van der Waals surface area contributed by atoms with Crippen LogP contribution in [0.4, 0.5) is 0 Å². The van der Waals surface area contributed by atoms with Crippen LogP contribution in [0.15, 0.2) is 24.3 Å². The Balaban J connectivity index is 1.34. The molecule has 1 aromatic rings. The molecule has 1 heterocycles. The summed E-state index contributed by atoms with van der Waals surface area (Å²) in [4.78, 5) is 14.0. The van der Waals surface area contributed by atoms with E-state index in [0.717, 1.165) is 37.1 Å². The summed E-state index contributed by atoms with van der Waals surface area (Å²) in [6.07, 6.45) is 2.77. The zero-order chi connectivity index (χ0) is 13.2. The van der Waals surface area contributed by atoms with Crippen molar-refractivity contribution in [3.63, 3.8) is 0 Å². The molecule has 0 radical (unpaired) electrons. The first kappa shape index (κ1) is 12.5. The smallest absolute Gasteiger partial charge is 0.222 e. The monoisotopic (exact) mass is 259 g/mol. The summed E-state index contributed by atoms with van der Waals surface area (Å²) >= 11 is 0. The van der Waals surface area contributed by atoms with Crippen LogP contribution in [-0.2, 0) is 4.79 Å². The molecule has 1 saturated heterocycles. The summed E-state index contributed by atoms with van der Waals surface area (Å²) in [7, 11) is 0. The first-order valence-electron chi connectivity index (χ1n) is 7.19. The molecule has 3 nitrogen and oxygen atoms in total. The van der Waals surface area contributed by atoms with Crippen LogP contribution in [0, 0.1) is 18.8 Å². The third kappa shape index (κ3) is 3.09. The van der Waals surface area contributed by atoms with Crippen LogP contribution < -0.4 is 4.74 Å². The van der Waals surface area contributed by atoms with Gasteiger partial charge in [0.15, 0.2) is 0 Å². The van der Waals surface area contributed by atoms with E-state index in [1.807, 2.05) is 29.2 Å². The molecule has 3 heteroatoms. The van der Waals surface area contributed by atoms with Crippen LogP contribution in [-0.4, -0.2) is 30.5 Å². The molecule has 2 unspecified atom stereocenters. The number of hydrogen-bond donors (Lipinski definition) is 0. The minimum atomic E-state index is 0.305. The molecule has 2 atom stereocenters. The second-order valence-corrected chi connectivity index (χ2v) is 5.82. The van der Waals surface area contributed by atoms with Crippen molar-refractivity contribution in [1.82, 2.24) is 4.90 Å². The second kappa shape index (κ2) is 5.24. The Hall–Kier alpha value is -1.51. The molecule has 3 rings (SSSR count). The number of likely N-dealkylation sites (tertiary alicyclic amines) is 1. The zero-order valence-corrected chi connectivity index (χ0v) is 11.5. The summed E-state index contributed by atoms with van der Waals surface area (Å²) in [6.45, 7) is 4.68. The van der Waals surface area contributed by atoms with Crippen LogP contribution in [0.1, 0.15) is 24.8 Å². The molecule has 0 spiro atoms. The maximum Gasteiger partial charge on any atom is 0.222 e. The fraction of sp³-hybridized carbons (Fsp3) is 0.562. The number of fused-ring (bicyclic) bond motifs is 1. The van der Waals surface area contributed by atoms with Crippen molar-refractivity contribution in [2.45, 2.75) is 26.2 Å². The van der Waals surface area contributed by atoms with Gasteiger partial charge in [0.25, 0.3) is 0 Å². The lowest BCUT2D eigenvalue weighted by Gasteiger charge is -2.17. The SMILES string of the molecule is Cc1ccc(OCCCC(=O)N2CC3CC3C2)cc1. The van der Waals surface area contributed by atoms with Crippen molar-refractivity contribution in [2.75, 3.05) is 19.7 Å². The van der Waals surface area contributed by atoms with Gasteiger partial charge in [-0.15, -0.1) is 0 Å². The standard InChI is InChI=1S/C16H21NO2/c1-12-4-6-15(7-5-12)19-8-2-3-16(18)17-10-13-9-14(13)11-17/h4-7,13-14H,2-3,8-11H2,1H3. The third-order valence-corrected chi connectivity index (χ3v) is 4.16. The van der Waals surface area contributed by atoms with Crippen LogP contribution >= 0.6 is 0 Å². The lowest BCUT2D eigenvalue weighted by Crippen LogP contribution is -2.30. The number of nitrogens with zero attached hydrogens (tertiary/aromatic N) is 1. The van der Waals surface area contributed by atoms with Crippen molar-refractivity contribution in [1.29, 1.82) is 0 Å². The van der Waals surface area contributed by atoms with Crippen molar-refractivity contribution in [2.24, 2.45) is 11.8 Å². The Morgan fingerprint density at radius 2 is 1.95 bits per heavy atom. The average molecular weight is 259 g/mol. The second-order valence-electron chi connectivity index (χ2n) is 5.82. The van der Waals surface area contributed by atoms with Gasteiger partial charge in [-0.1, -0.05) is 17.7 Å². The molecule has 1 aliphatic heterocycles. The Labute approximate surface area is 114 Å². The number of benzene rings is 1. The summed E-state index contributed by atoms with van der Waals surface area (Å²) < 4.78 is 5.63. The van der Waals surface area contributed by atoms with E-state index in [0.29, 0.717) is 18.9 Å². The van der Waals surface area contributed by atoms with Gasteiger partial charge in [-0.05, 0) is 43.7 Å². The molecule has 1 aromatic carbocycles. The van der Waals surface area contributed by atoms with Crippen LogP contribution in [0.2, 0.25) is 0 Å². The zero-order valence-electron chi connectivity index (χ0n) is 11.5. The van der Waals surface area contributed by atoms with Gasteiger partial charge in [0.2, 0.25) is 5.91 Å². The molecule has 1 aliphatic carbocycles. The number of carbonyl (C=O) groups is 1. The third-order valence-electron chi connectivity index (χ3n) is 4.16. The molecular formula is C16H21NO2. The molecule has 2 aliphatic rings. The summed E-state index contributed by atoms with van der Waals surface area (Å²) in [5.74, 6) is 2.85. The Morgan fingerprint density at radius 3 is 2.63 bits per heavy atom. The highest BCUT2D eigenvalue weighted by atomic mass is 16.5. The largest absolute Gasteiger partial charge is 0.494 e. The van der Waals surface area contributed by atoms with Crippen LogP contribution in [0.25, 0.3) is 0 Å². The van der Waals surface area contributed by atoms with Gasteiger partial charge >= 0.3 is 0 Å². The fourth-order valence-corrected chi connectivity index (χ4v) is 2.81. The highest BCUT2D eigenvalue weighted by molar-refractivity contribution is 5.76. The highest BCUT2D eigenvalue weighted by Gasteiger charge is 2.46. The number of carbonyl (C=O) groups excluding carboxylic acids is 1. The Kier molecular flexibility index (Phi) is 3.45. The quantitative estimate of drug-likeness (QED) is 0.761. The van der Waals surface area contributed by atoms with Gasteiger partial charge in [0.1, 0.15) is 5.75 Å². The van der Waals surface area contributed by atoms with E-state index < -0.39 is 0 Å². The van der Waals surface area contributed by atoms with Gasteiger partial charge in [-0.3, -0.25) is 4.79 Å². The number of amides is 1. The minimum Gasteiger partial charge on any atom is -0.494 e. The predicted octanol–water partition coefficient (Wildman–Crippen LogP) is 2.63. The van der Waals surface area contributed by atoms with Gasteiger partial charge in [0, 0.05) is 19.5 Å². The Morgan fingerprint density at radius 1 is 1.26 bits per heavy atom. The molecule has 1 amide bonds. The minimum absolute atomic E-state index is 0.305. The van der Waals surface area contributed by atoms with Gasteiger partial charge in [0.05, 0.1) is 6.61 Å². The fourth-order valence-electron chi connectivity index (χ4n) is 2.81. The Bertz CT molecular complexity index is 444. The van der Waals surface area contributed by atoms with Gasteiger partial charge in [-0.25, -0.2) is 0 Å². The van der Waals surface area contributed by atoms with E-state index in [1.54, 1.807) is 0 Å². The van der Waals surface area contributed by atoms with E-state index >= 15 is 0 Å². The number of rotatable bonds is 5. The van der Waals surface area contributed by atoms with E-state index in [9.17, 15) is 4.79 Å². The summed E-state index contributed by atoms with van der Waals surface area (Å²) in [5.41, 5.74) is 1.23. The van der Waals surface area contributed by atoms with E-state index in [2.05, 4.69) is 6.92 Å². The van der Waals surface area contributed by atoms with Crippen molar-refractivity contribution in [3.8, 4) is 5.75 Å². The summed E-state index contributed by atoms with van der Waals surface area (Å²) in [6, 6.07) is 8.03. The normalized spacial score (nSPS) is 24.2. The van der Waals surface area contributed by atoms with Crippen LogP contribution in [0.5, 0.6) is 5.75 Å². The number of piperidine rings is 1. The number of hydrogen-bond acceptors (Lipinski definition) is 2. The number of ether oxygens (including phenoxy) is 1. The molecule has 0 N–H and O–H groups in total. The number of aryl methyl sites for hydroxylation is 1. The molecular weight excluding hydrogens is 238 g/mol. The van der Waals surface area contributed by atoms with Gasteiger partial charge in [-0.2, -0.15) is 0 Å². The van der Waals surface area contributed by atoms with E-state index in [1.165, 1.54) is 12.0 Å². The molecule has 0 aromatic heterocycles. The van der Waals surface area contributed by atoms with E-state index in [4.69, 9.17) is 4.74 Å². The lowest BCUT2D eigenvalue weighted by atomic mass is 10.2. The van der Waals surface area contributed by atoms with Crippen molar-refractivity contribution < 1.29 is 9.53 Å². The van der Waals surface area contributed by atoms with E-state index in [-0.39, 0.29) is 0 Å². The molecule has 19 heavy (non-hydrogen) atoms. The van der Waals surface area contributed by atoms with Crippen LogP contribution in [0.3, 0.4) is 0 Å². The lowest BCUT2D eigenvalue weighted by molar-refractivity contribution is -0.130. The highest BCUT2D eigenvalue weighted by Crippen LogP contribution is 2.44. The molecule has 2 fully saturated rings. The predicted molar refractivity (Wildman–Crippen MR) is 74.1 cm³/mol. The first-order valence-corrected chi connectivity index (χ1v) is 7.19. The summed E-state index contributed by atoms with van der Waals surface area (Å²) in [5, 5.41) is 0. The molecule has 0 bridgehead atoms.